The minimum absolute atomic E-state index is 0.546. The first-order chi connectivity index (χ1) is 4.95. The molecule has 0 bridgehead atoms. The molecule has 0 heterocycles. The Morgan fingerprint density at radius 1 is 1.45 bits per heavy atom. The lowest BCUT2D eigenvalue weighted by Gasteiger charge is -2.05. The molecule has 0 aromatic rings. The number of rotatable bonds is 3. The van der Waals surface area contributed by atoms with E-state index in [1.165, 1.54) is 0 Å². The Labute approximate surface area is 61.7 Å². The zero-order valence-corrected chi connectivity index (χ0v) is 6.11. The van der Waals surface area contributed by atoms with Crippen molar-refractivity contribution in [2.45, 2.75) is 6.18 Å². The van der Waals surface area contributed by atoms with Crippen molar-refractivity contribution >= 4 is 14.4 Å². The molecule has 3 nitrogen and oxygen atoms in total. The van der Waals surface area contributed by atoms with Crippen LogP contribution in [0.1, 0.15) is 0 Å². The topological polar surface area (TPSA) is 43.4 Å². The predicted molar refractivity (Wildman–Crippen MR) is 29.5 cm³/mol. The predicted octanol–water partition coefficient (Wildman–Crippen LogP) is 1.38. The summed E-state index contributed by atoms with van der Waals surface area (Å²) in [5.74, 6) is -1.13. The highest BCUT2D eigenvalue weighted by molar-refractivity contribution is 7.25. The van der Waals surface area contributed by atoms with Gasteiger partial charge in [-0.05, 0) is 0 Å². The number of carbonyl (C=O) groups excluding carboxylic acids is 1. The van der Waals surface area contributed by atoms with E-state index in [0.717, 1.165) is 0 Å². The van der Waals surface area contributed by atoms with Gasteiger partial charge in [0.1, 0.15) is 6.16 Å². The third-order valence-electron chi connectivity index (χ3n) is 0.590. The first kappa shape index (κ1) is 10.4. The molecule has 0 radical (unpaired) electrons. The maximum absolute atomic E-state index is 11.3. The number of carbonyl (C=O) groups is 1. The summed E-state index contributed by atoms with van der Waals surface area (Å²) in [4.78, 5) is 10.2. The maximum atomic E-state index is 11.3. The largest absolute Gasteiger partial charge is 0.455 e. The van der Waals surface area contributed by atoms with Gasteiger partial charge in [-0.1, -0.05) is 0 Å². The Hall–Kier alpha value is -0.640. The average molecular weight is 188 g/mol. The number of hydrogen-bond donors (Lipinski definition) is 0. The molecule has 0 aliphatic heterocycles. The van der Waals surface area contributed by atoms with Crippen LogP contribution in [0.3, 0.4) is 0 Å². The molecule has 0 spiro atoms. The molecule has 0 aliphatic rings. The van der Waals surface area contributed by atoms with E-state index in [1.807, 2.05) is 0 Å². The lowest BCUT2D eigenvalue weighted by atomic mass is 10.7. The first-order valence-corrected chi connectivity index (χ1v) is 3.47. The van der Waals surface area contributed by atoms with E-state index < -0.39 is 33.4 Å². The summed E-state index contributed by atoms with van der Waals surface area (Å²) >= 11 is 0. The van der Waals surface area contributed by atoms with Crippen molar-refractivity contribution in [3.8, 4) is 0 Å². The fourth-order valence-electron chi connectivity index (χ4n) is 0.261. The Balaban J connectivity index is 3.54. The van der Waals surface area contributed by atoms with Crippen LogP contribution in [-0.2, 0) is 14.1 Å². The average Bonchev–Trinajstić information content (AvgIpc) is 1.83. The Morgan fingerprint density at radius 2 is 2.00 bits per heavy atom. The van der Waals surface area contributed by atoms with Crippen LogP contribution in [0.5, 0.6) is 0 Å². The van der Waals surface area contributed by atoms with E-state index in [-0.39, 0.29) is 0 Å². The molecule has 64 valence electrons. The molecule has 0 amide bonds. The smallest absolute Gasteiger partial charge is 0.422 e. The number of halogens is 3. The summed E-state index contributed by atoms with van der Waals surface area (Å²) in [6.07, 6.45) is -5.06. The first-order valence-electron chi connectivity index (χ1n) is 2.47. The number of hydrogen-bond acceptors (Lipinski definition) is 3. The molecule has 7 heteroatoms. The molecule has 0 atom stereocenters. The standard InChI is InChI=1S/C4H4F3O3P/c5-4(6,7)2-10-3(8)1-11-9/h1-2H2. The van der Waals surface area contributed by atoms with Crippen LogP contribution in [0.2, 0.25) is 0 Å². The lowest BCUT2D eigenvalue weighted by molar-refractivity contribution is -0.184. The summed E-state index contributed by atoms with van der Waals surface area (Å²) in [6.45, 7) is -1.62. The fraction of sp³-hybridized carbons (Fsp3) is 0.750. The van der Waals surface area contributed by atoms with E-state index >= 15 is 0 Å². The molecule has 0 aliphatic carbocycles. The second-order valence-electron chi connectivity index (χ2n) is 1.56. The molecule has 11 heavy (non-hydrogen) atoms. The van der Waals surface area contributed by atoms with Gasteiger partial charge in [-0.25, -0.2) is 0 Å². The normalized spacial score (nSPS) is 11.5. The number of ether oxygens (including phenoxy) is 1. The lowest BCUT2D eigenvalue weighted by Crippen LogP contribution is -2.20. The van der Waals surface area contributed by atoms with Crippen molar-refractivity contribution < 1.29 is 27.3 Å². The second kappa shape index (κ2) is 4.28. The van der Waals surface area contributed by atoms with Crippen LogP contribution in [0.4, 0.5) is 13.2 Å². The highest BCUT2D eigenvalue weighted by atomic mass is 31.1. The van der Waals surface area contributed by atoms with Crippen LogP contribution in [0, 0.1) is 0 Å². The summed E-state index contributed by atoms with van der Waals surface area (Å²) in [5.41, 5.74) is 0. The van der Waals surface area contributed by atoms with E-state index in [2.05, 4.69) is 4.74 Å². The van der Waals surface area contributed by atoms with E-state index in [1.54, 1.807) is 0 Å². The SMILES string of the molecule is O=PCC(=O)OCC(F)(F)F. The van der Waals surface area contributed by atoms with Gasteiger partial charge in [0.2, 0.25) is 0 Å². The second-order valence-corrected chi connectivity index (χ2v) is 2.14. The van der Waals surface area contributed by atoms with Crippen molar-refractivity contribution in [3.05, 3.63) is 0 Å². The molecule has 0 saturated heterocycles. The van der Waals surface area contributed by atoms with Gasteiger partial charge < -0.3 is 4.74 Å². The fourth-order valence-corrected chi connectivity index (χ4v) is 0.457. The van der Waals surface area contributed by atoms with Crippen LogP contribution in [-0.4, -0.2) is 24.9 Å². The third kappa shape index (κ3) is 7.25. The molecule has 0 aromatic carbocycles. The Morgan fingerprint density at radius 3 is 2.36 bits per heavy atom. The summed E-state index contributed by atoms with van der Waals surface area (Å²) in [6, 6.07) is 0. The van der Waals surface area contributed by atoms with Crippen LogP contribution in [0.25, 0.3) is 0 Å². The minimum Gasteiger partial charge on any atom is -0.455 e. The molecule has 0 fully saturated rings. The van der Waals surface area contributed by atoms with Crippen LogP contribution >= 0.6 is 8.46 Å². The van der Waals surface area contributed by atoms with Gasteiger partial charge in [0.05, 0.1) is 0 Å². The van der Waals surface area contributed by atoms with Gasteiger partial charge in [-0.2, -0.15) is 13.2 Å². The van der Waals surface area contributed by atoms with Crippen molar-refractivity contribution in [1.29, 1.82) is 0 Å². The highest BCUT2D eigenvalue weighted by Crippen LogP contribution is 2.14. The third-order valence-corrected chi connectivity index (χ3v) is 0.978. The van der Waals surface area contributed by atoms with Gasteiger partial charge >= 0.3 is 12.1 Å². The molecular weight excluding hydrogens is 184 g/mol. The maximum Gasteiger partial charge on any atom is 0.422 e. The molecule has 0 saturated carbocycles. The summed E-state index contributed by atoms with van der Waals surface area (Å²) < 4.78 is 47.2. The van der Waals surface area contributed by atoms with E-state index in [4.69, 9.17) is 0 Å². The summed E-state index contributed by atoms with van der Waals surface area (Å²) in [7, 11) is -0.546. The van der Waals surface area contributed by atoms with Gasteiger partial charge in [-0.3, -0.25) is 9.36 Å². The van der Waals surface area contributed by atoms with Gasteiger partial charge in [0.15, 0.2) is 15.1 Å². The van der Waals surface area contributed by atoms with Crippen LogP contribution in [0.15, 0.2) is 0 Å². The molecule has 0 rings (SSSR count). The Bertz CT molecular complexity index is 155. The minimum atomic E-state index is -4.52. The zero-order valence-electron chi connectivity index (χ0n) is 5.22. The molecule has 0 unspecified atom stereocenters. The van der Waals surface area contributed by atoms with Crippen molar-refractivity contribution in [2.75, 3.05) is 12.8 Å². The molecular formula is C4H4F3O3P. The molecule has 0 N–H and O–H groups in total. The monoisotopic (exact) mass is 188 g/mol. The molecule has 0 aromatic heterocycles. The zero-order chi connectivity index (χ0) is 8.91. The van der Waals surface area contributed by atoms with Gasteiger partial charge in [-0.15, -0.1) is 0 Å². The number of alkyl halides is 3. The highest BCUT2D eigenvalue weighted by Gasteiger charge is 2.29. The van der Waals surface area contributed by atoms with E-state index in [0.29, 0.717) is 0 Å². The van der Waals surface area contributed by atoms with Gasteiger partial charge in [0, 0.05) is 0 Å². The quantitative estimate of drug-likeness (QED) is 0.496. The van der Waals surface area contributed by atoms with Crippen LogP contribution < -0.4 is 0 Å². The van der Waals surface area contributed by atoms with Crippen molar-refractivity contribution in [2.24, 2.45) is 0 Å². The summed E-state index contributed by atoms with van der Waals surface area (Å²) in [5, 5.41) is 0. The van der Waals surface area contributed by atoms with Crippen molar-refractivity contribution in [1.82, 2.24) is 0 Å². The number of esters is 1. The van der Waals surface area contributed by atoms with E-state index in [9.17, 15) is 22.5 Å². The Kier molecular flexibility index (Phi) is 4.03. The van der Waals surface area contributed by atoms with Gasteiger partial charge in [0.25, 0.3) is 0 Å². The van der Waals surface area contributed by atoms with Crippen molar-refractivity contribution in [3.63, 3.8) is 0 Å².